The van der Waals surface area contributed by atoms with Gasteiger partial charge in [0.05, 0.1) is 0 Å². The minimum Gasteiger partial charge on any atom is -0.373 e. The Morgan fingerprint density at radius 3 is 2.62 bits per heavy atom. The Balaban J connectivity index is 2.66. The van der Waals surface area contributed by atoms with Crippen LogP contribution in [0.4, 0.5) is 5.82 Å². The minimum absolute atomic E-state index is 0.00134. The van der Waals surface area contributed by atoms with Gasteiger partial charge in [0.2, 0.25) is 0 Å². The van der Waals surface area contributed by atoms with E-state index in [1.807, 2.05) is 26.1 Å². The quantitative estimate of drug-likeness (QED) is 0.730. The van der Waals surface area contributed by atoms with Gasteiger partial charge in [0.25, 0.3) is 5.91 Å². The molecule has 0 spiro atoms. The standard InChI is InChI=1S/C17H29N3O/c1-5-8-9-13(6-2)12-19-17(21)14-10-15(7-3)20-16(11-14)18-4/h10-11,13H,5-9,12H2,1-4H3,(H,18,20)(H,19,21). The summed E-state index contributed by atoms with van der Waals surface area (Å²) in [4.78, 5) is 16.7. The summed E-state index contributed by atoms with van der Waals surface area (Å²) in [6.45, 7) is 7.19. The van der Waals surface area contributed by atoms with E-state index in [9.17, 15) is 4.79 Å². The summed E-state index contributed by atoms with van der Waals surface area (Å²) in [5.41, 5.74) is 1.63. The lowest BCUT2D eigenvalue weighted by molar-refractivity contribution is 0.0945. The molecular formula is C17H29N3O. The Bertz CT molecular complexity index is 423. The SMILES string of the molecule is CCCCC(CC)CNC(=O)c1cc(CC)nc(NC)c1. The van der Waals surface area contributed by atoms with E-state index in [-0.39, 0.29) is 5.91 Å². The van der Waals surface area contributed by atoms with Crippen LogP contribution < -0.4 is 10.6 Å². The third-order valence-corrected chi connectivity index (χ3v) is 3.85. The third kappa shape index (κ3) is 5.74. The van der Waals surface area contributed by atoms with Gasteiger partial charge in [0.15, 0.2) is 0 Å². The van der Waals surface area contributed by atoms with Crippen LogP contribution in [0.15, 0.2) is 12.1 Å². The Labute approximate surface area is 128 Å². The van der Waals surface area contributed by atoms with E-state index >= 15 is 0 Å². The van der Waals surface area contributed by atoms with E-state index in [0.717, 1.165) is 30.9 Å². The van der Waals surface area contributed by atoms with Crippen molar-refractivity contribution in [1.82, 2.24) is 10.3 Å². The molecule has 1 heterocycles. The van der Waals surface area contributed by atoms with Gasteiger partial charge in [-0.2, -0.15) is 0 Å². The van der Waals surface area contributed by atoms with Crippen LogP contribution in [0.1, 0.15) is 62.5 Å². The second kappa shape index (κ2) is 9.37. The van der Waals surface area contributed by atoms with Crippen molar-refractivity contribution in [2.45, 2.75) is 52.9 Å². The van der Waals surface area contributed by atoms with Crippen LogP contribution in [0.5, 0.6) is 0 Å². The Morgan fingerprint density at radius 2 is 2.05 bits per heavy atom. The number of hydrogen-bond donors (Lipinski definition) is 2. The first-order valence-electron chi connectivity index (χ1n) is 8.11. The van der Waals surface area contributed by atoms with E-state index in [1.165, 1.54) is 19.3 Å². The van der Waals surface area contributed by atoms with Crippen molar-refractivity contribution in [3.8, 4) is 0 Å². The Morgan fingerprint density at radius 1 is 1.29 bits per heavy atom. The molecule has 0 saturated heterocycles. The van der Waals surface area contributed by atoms with E-state index in [2.05, 4.69) is 29.5 Å². The number of carbonyl (C=O) groups is 1. The fourth-order valence-electron chi connectivity index (χ4n) is 2.31. The molecule has 1 atom stereocenters. The lowest BCUT2D eigenvalue weighted by Crippen LogP contribution is -2.29. The fraction of sp³-hybridized carbons (Fsp3) is 0.647. The van der Waals surface area contributed by atoms with Crippen molar-refractivity contribution < 1.29 is 4.79 Å². The molecule has 2 N–H and O–H groups in total. The second-order valence-electron chi connectivity index (χ2n) is 5.46. The Hall–Kier alpha value is -1.58. The van der Waals surface area contributed by atoms with Gasteiger partial charge in [-0.25, -0.2) is 4.98 Å². The first-order chi connectivity index (χ1) is 10.1. The molecule has 1 amide bonds. The monoisotopic (exact) mass is 291 g/mol. The van der Waals surface area contributed by atoms with E-state index in [4.69, 9.17) is 0 Å². The largest absolute Gasteiger partial charge is 0.373 e. The number of unbranched alkanes of at least 4 members (excludes halogenated alkanes) is 1. The zero-order valence-corrected chi connectivity index (χ0v) is 13.8. The van der Waals surface area contributed by atoms with Gasteiger partial charge in [-0.15, -0.1) is 0 Å². The van der Waals surface area contributed by atoms with Crippen molar-refractivity contribution in [3.63, 3.8) is 0 Å². The van der Waals surface area contributed by atoms with Crippen LogP contribution in [0.2, 0.25) is 0 Å². The number of nitrogens with one attached hydrogen (secondary N) is 2. The lowest BCUT2D eigenvalue weighted by atomic mass is 9.99. The van der Waals surface area contributed by atoms with Gasteiger partial charge in [-0.1, -0.05) is 40.0 Å². The number of carbonyl (C=O) groups excluding carboxylic acids is 1. The highest BCUT2D eigenvalue weighted by molar-refractivity contribution is 5.95. The first-order valence-corrected chi connectivity index (χ1v) is 8.11. The van der Waals surface area contributed by atoms with Gasteiger partial charge < -0.3 is 10.6 Å². The third-order valence-electron chi connectivity index (χ3n) is 3.85. The zero-order valence-electron chi connectivity index (χ0n) is 13.8. The van der Waals surface area contributed by atoms with Crippen LogP contribution in [0.25, 0.3) is 0 Å². The van der Waals surface area contributed by atoms with Gasteiger partial charge >= 0.3 is 0 Å². The molecule has 0 aliphatic carbocycles. The molecule has 1 rings (SSSR count). The molecule has 4 heteroatoms. The van der Waals surface area contributed by atoms with E-state index < -0.39 is 0 Å². The Kier molecular flexibility index (Phi) is 7.80. The van der Waals surface area contributed by atoms with Crippen LogP contribution in [0, 0.1) is 5.92 Å². The van der Waals surface area contributed by atoms with E-state index in [0.29, 0.717) is 11.5 Å². The molecule has 118 valence electrons. The summed E-state index contributed by atoms with van der Waals surface area (Å²) in [6.07, 6.45) is 5.56. The minimum atomic E-state index is -0.00134. The number of pyridine rings is 1. The zero-order chi connectivity index (χ0) is 15.7. The fourth-order valence-corrected chi connectivity index (χ4v) is 2.31. The molecule has 0 radical (unpaired) electrons. The molecule has 1 aromatic rings. The van der Waals surface area contributed by atoms with Crippen molar-refractivity contribution >= 4 is 11.7 Å². The summed E-state index contributed by atoms with van der Waals surface area (Å²) in [5.74, 6) is 1.32. The van der Waals surface area contributed by atoms with Crippen molar-refractivity contribution in [2.75, 3.05) is 18.9 Å². The summed E-state index contributed by atoms with van der Waals surface area (Å²) in [7, 11) is 1.82. The molecule has 0 aliphatic heterocycles. The van der Waals surface area contributed by atoms with Gasteiger partial charge in [-0.05, 0) is 30.9 Å². The predicted molar refractivity (Wildman–Crippen MR) is 88.8 cm³/mol. The van der Waals surface area contributed by atoms with Crippen LogP contribution in [0.3, 0.4) is 0 Å². The van der Waals surface area contributed by atoms with Crippen LogP contribution >= 0.6 is 0 Å². The highest BCUT2D eigenvalue weighted by Gasteiger charge is 2.12. The van der Waals surface area contributed by atoms with Crippen molar-refractivity contribution in [2.24, 2.45) is 5.92 Å². The molecule has 0 bridgehead atoms. The average molecular weight is 291 g/mol. The average Bonchev–Trinajstić information content (AvgIpc) is 2.54. The normalized spacial score (nSPS) is 12.0. The van der Waals surface area contributed by atoms with Gasteiger partial charge in [0.1, 0.15) is 5.82 Å². The summed E-state index contributed by atoms with van der Waals surface area (Å²) < 4.78 is 0. The maximum Gasteiger partial charge on any atom is 0.251 e. The first kappa shape index (κ1) is 17.5. The molecule has 0 aliphatic rings. The summed E-state index contributed by atoms with van der Waals surface area (Å²) >= 11 is 0. The number of aryl methyl sites for hydroxylation is 1. The maximum absolute atomic E-state index is 12.3. The number of aromatic nitrogens is 1. The van der Waals surface area contributed by atoms with E-state index in [1.54, 1.807) is 0 Å². The van der Waals surface area contributed by atoms with Crippen molar-refractivity contribution in [1.29, 1.82) is 0 Å². The molecular weight excluding hydrogens is 262 g/mol. The molecule has 1 aromatic heterocycles. The molecule has 0 aromatic carbocycles. The summed E-state index contributed by atoms with van der Waals surface area (Å²) in [5, 5.41) is 6.08. The van der Waals surface area contributed by atoms with Gasteiger partial charge in [-0.3, -0.25) is 4.79 Å². The maximum atomic E-state index is 12.3. The number of rotatable bonds is 9. The van der Waals surface area contributed by atoms with Crippen molar-refractivity contribution in [3.05, 3.63) is 23.4 Å². The smallest absolute Gasteiger partial charge is 0.251 e. The molecule has 21 heavy (non-hydrogen) atoms. The molecule has 0 saturated carbocycles. The molecule has 4 nitrogen and oxygen atoms in total. The number of nitrogens with zero attached hydrogens (tertiary/aromatic N) is 1. The van der Waals surface area contributed by atoms with Crippen LogP contribution in [-0.4, -0.2) is 24.5 Å². The number of amides is 1. The molecule has 1 unspecified atom stereocenters. The number of anilines is 1. The van der Waals surface area contributed by atoms with Gasteiger partial charge in [0, 0.05) is 24.8 Å². The molecule has 0 fully saturated rings. The topological polar surface area (TPSA) is 54.0 Å². The van der Waals surface area contributed by atoms with Crippen LogP contribution in [-0.2, 0) is 6.42 Å². The highest BCUT2D eigenvalue weighted by Crippen LogP contribution is 2.13. The number of hydrogen-bond acceptors (Lipinski definition) is 3. The lowest BCUT2D eigenvalue weighted by Gasteiger charge is -2.15. The highest BCUT2D eigenvalue weighted by atomic mass is 16.1. The second-order valence-corrected chi connectivity index (χ2v) is 5.46. The summed E-state index contributed by atoms with van der Waals surface area (Å²) in [6, 6.07) is 3.69. The predicted octanol–water partition coefficient (Wildman–Crippen LogP) is 3.63.